The molecule has 3 aromatic rings. The van der Waals surface area contributed by atoms with E-state index in [9.17, 15) is 14.0 Å². The van der Waals surface area contributed by atoms with Gasteiger partial charge in [0.2, 0.25) is 5.78 Å². The number of benzene rings is 1. The quantitative estimate of drug-likeness (QED) is 0.368. The van der Waals surface area contributed by atoms with Crippen LogP contribution in [0.5, 0.6) is 0 Å². The fourth-order valence-electron chi connectivity index (χ4n) is 5.19. The number of nitrogens with zero attached hydrogens (tertiary/aromatic N) is 3. The molecule has 0 saturated carbocycles. The number of halogens is 1. The van der Waals surface area contributed by atoms with E-state index in [1.54, 1.807) is 16.8 Å². The summed E-state index contributed by atoms with van der Waals surface area (Å²) in [5, 5.41) is 4.53. The highest BCUT2D eigenvalue weighted by Gasteiger charge is 2.28. The number of fused-ring (bicyclic) bond motifs is 1. The first-order valence-corrected chi connectivity index (χ1v) is 12.3. The lowest BCUT2D eigenvalue weighted by atomic mass is 9.95. The van der Waals surface area contributed by atoms with Gasteiger partial charge < -0.3 is 14.0 Å². The largest absolute Gasteiger partial charge is 0.453 e. The first kappa shape index (κ1) is 23.5. The van der Waals surface area contributed by atoms with Crippen molar-refractivity contribution in [2.75, 3.05) is 13.2 Å². The van der Waals surface area contributed by atoms with Gasteiger partial charge in [0.15, 0.2) is 12.3 Å². The number of Topliss-reactive ketones (excluding diaryl/α,β-unsaturated/α-hetero) is 1. The molecule has 1 aliphatic carbocycles. The summed E-state index contributed by atoms with van der Waals surface area (Å²) in [6.45, 7) is 5.04. The van der Waals surface area contributed by atoms with E-state index < -0.39 is 5.97 Å². The van der Waals surface area contributed by atoms with Crippen molar-refractivity contribution in [2.24, 2.45) is 0 Å². The molecule has 2 aliphatic rings. The Balaban J connectivity index is 1.32. The number of ketones is 1. The first-order valence-electron chi connectivity index (χ1n) is 12.3. The molecule has 5 rings (SSSR count). The number of rotatable bonds is 7. The fraction of sp³-hybridized carbons (Fsp3) is 0.444. The van der Waals surface area contributed by atoms with Crippen molar-refractivity contribution < 1.29 is 23.5 Å². The Morgan fingerprint density at radius 3 is 2.66 bits per heavy atom. The summed E-state index contributed by atoms with van der Waals surface area (Å²) in [6.07, 6.45) is 5.70. The molecule has 1 atom stereocenters. The third kappa shape index (κ3) is 4.67. The van der Waals surface area contributed by atoms with Crippen LogP contribution in [0.2, 0.25) is 0 Å². The van der Waals surface area contributed by atoms with E-state index in [0.29, 0.717) is 11.3 Å². The van der Waals surface area contributed by atoms with E-state index in [2.05, 4.69) is 9.67 Å². The van der Waals surface area contributed by atoms with Gasteiger partial charge in [-0.05, 0) is 82.7 Å². The molecule has 1 unspecified atom stereocenters. The fourth-order valence-corrected chi connectivity index (χ4v) is 5.19. The van der Waals surface area contributed by atoms with Crippen LogP contribution < -0.4 is 0 Å². The number of carbonyl (C=O) groups excluding carboxylic acids is 2. The molecule has 8 heteroatoms. The molecule has 1 fully saturated rings. The monoisotopic (exact) mass is 479 g/mol. The van der Waals surface area contributed by atoms with Crippen LogP contribution in [0.25, 0.3) is 5.69 Å². The number of aromatic nitrogens is 3. The predicted molar refractivity (Wildman–Crippen MR) is 128 cm³/mol. The van der Waals surface area contributed by atoms with Crippen LogP contribution >= 0.6 is 0 Å². The van der Waals surface area contributed by atoms with E-state index in [-0.39, 0.29) is 30.0 Å². The molecule has 0 amide bonds. The van der Waals surface area contributed by atoms with E-state index in [1.165, 1.54) is 12.1 Å². The van der Waals surface area contributed by atoms with Crippen LogP contribution in [-0.2, 0) is 28.9 Å². The molecule has 0 radical (unpaired) electrons. The van der Waals surface area contributed by atoms with Crippen LogP contribution in [0.3, 0.4) is 0 Å². The van der Waals surface area contributed by atoms with Crippen LogP contribution in [0, 0.1) is 19.7 Å². The summed E-state index contributed by atoms with van der Waals surface area (Å²) in [6, 6.07) is 7.88. The van der Waals surface area contributed by atoms with Crippen molar-refractivity contribution in [3.63, 3.8) is 0 Å². The Kier molecular flexibility index (Phi) is 6.56. The topological polar surface area (TPSA) is 75.4 Å². The number of carbonyl (C=O) groups is 2. The normalized spacial score (nSPS) is 17.4. The molecule has 7 nitrogen and oxygen atoms in total. The number of hydrogen-bond donors (Lipinski definition) is 0. The van der Waals surface area contributed by atoms with E-state index in [0.717, 1.165) is 74.3 Å². The molecule has 0 N–H and O–H groups in total. The maximum absolute atomic E-state index is 13.4. The standard InChI is InChI=1S/C27H30FN3O4/c1-17-14-23(18(2)30(17)15-21-6-5-13-34-21)25(32)16-35-27(33)26-22-7-3-4-8-24(22)31(29-26)20-11-9-19(28)10-12-20/h9-12,14,21H,3-8,13,15-16H2,1-2H3. The summed E-state index contributed by atoms with van der Waals surface area (Å²) in [7, 11) is 0. The first-order chi connectivity index (χ1) is 16.9. The zero-order valence-corrected chi connectivity index (χ0v) is 20.2. The summed E-state index contributed by atoms with van der Waals surface area (Å²) < 4.78 is 28.4. The molecule has 0 bridgehead atoms. The lowest BCUT2D eigenvalue weighted by molar-refractivity contribution is 0.0467. The maximum atomic E-state index is 13.4. The van der Waals surface area contributed by atoms with Crippen molar-refractivity contribution in [2.45, 2.75) is 65.0 Å². The van der Waals surface area contributed by atoms with Gasteiger partial charge >= 0.3 is 5.97 Å². The molecule has 1 aromatic carbocycles. The van der Waals surface area contributed by atoms with E-state index in [1.807, 2.05) is 19.9 Å². The molecule has 1 aliphatic heterocycles. The Morgan fingerprint density at radius 1 is 1.14 bits per heavy atom. The highest BCUT2D eigenvalue weighted by atomic mass is 19.1. The predicted octanol–water partition coefficient (Wildman–Crippen LogP) is 4.53. The lowest BCUT2D eigenvalue weighted by Gasteiger charge is -2.15. The van der Waals surface area contributed by atoms with Crippen LogP contribution in [-0.4, -0.2) is 45.4 Å². The van der Waals surface area contributed by atoms with Crippen LogP contribution in [0.1, 0.15) is 69.2 Å². The molecular formula is C27H30FN3O4. The molecule has 184 valence electrons. The molecule has 1 saturated heterocycles. The zero-order valence-electron chi connectivity index (χ0n) is 20.2. The smallest absolute Gasteiger partial charge is 0.359 e. The summed E-state index contributed by atoms with van der Waals surface area (Å²) in [5.74, 6) is -1.18. The number of aryl methyl sites for hydroxylation is 1. The van der Waals surface area contributed by atoms with Gasteiger partial charge in [0.25, 0.3) is 0 Å². The van der Waals surface area contributed by atoms with Gasteiger partial charge in [-0.2, -0.15) is 5.10 Å². The van der Waals surface area contributed by atoms with Crippen molar-refractivity contribution >= 4 is 11.8 Å². The van der Waals surface area contributed by atoms with Crippen LogP contribution in [0.4, 0.5) is 4.39 Å². The minimum atomic E-state index is -0.606. The molecule has 0 spiro atoms. The van der Waals surface area contributed by atoms with Crippen molar-refractivity contribution in [1.29, 1.82) is 0 Å². The number of ether oxygens (including phenoxy) is 2. The molecule has 2 aromatic heterocycles. The number of esters is 1. The van der Waals surface area contributed by atoms with Gasteiger partial charge in [-0.3, -0.25) is 4.79 Å². The van der Waals surface area contributed by atoms with Crippen LogP contribution in [0.15, 0.2) is 30.3 Å². The van der Waals surface area contributed by atoms with Gasteiger partial charge in [-0.1, -0.05) is 0 Å². The van der Waals surface area contributed by atoms with Gasteiger partial charge in [-0.25, -0.2) is 13.9 Å². The average Bonchev–Trinajstić information content (AvgIpc) is 3.58. The average molecular weight is 480 g/mol. The van der Waals surface area contributed by atoms with Crippen molar-refractivity contribution in [3.8, 4) is 5.69 Å². The van der Waals surface area contributed by atoms with Gasteiger partial charge in [0.1, 0.15) is 5.82 Å². The summed E-state index contributed by atoms with van der Waals surface area (Å²) >= 11 is 0. The lowest BCUT2D eigenvalue weighted by Crippen LogP contribution is -2.19. The van der Waals surface area contributed by atoms with E-state index in [4.69, 9.17) is 9.47 Å². The minimum absolute atomic E-state index is 0.169. The maximum Gasteiger partial charge on any atom is 0.359 e. The minimum Gasteiger partial charge on any atom is -0.453 e. The Morgan fingerprint density at radius 2 is 1.91 bits per heavy atom. The molecular weight excluding hydrogens is 449 g/mol. The number of hydrogen-bond acceptors (Lipinski definition) is 5. The van der Waals surface area contributed by atoms with Gasteiger partial charge in [-0.15, -0.1) is 0 Å². The summed E-state index contributed by atoms with van der Waals surface area (Å²) in [5.41, 5.74) is 5.13. The highest BCUT2D eigenvalue weighted by Crippen LogP contribution is 2.28. The Hall–Kier alpha value is -3.26. The van der Waals surface area contributed by atoms with Gasteiger partial charge in [0, 0.05) is 41.4 Å². The zero-order chi connectivity index (χ0) is 24.5. The molecule has 3 heterocycles. The Bertz CT molecular complexity index is 1250. The third-order valence-corrected chi connectivity index (χ3v) is 7.06. The SMILES string of the molecule is Cc1cc(C(=O)COC(=O)c2nn(-c3ccc(F)cc3)c3c2CCCC3)c(C)n1CC1CCCO1. The second-order valence-electron chi connectivity index (χ2n) is 9.40. The van der Waals surface area contributed by atoms with Crippen molar-refractivity contribution in [1.82, 2.24) is 14.3 Å². The molecule has 35 heavy (non-hydrogen) atoms. The van der Waals surface area contributed by atoms with E-state index >= 15 is 0 Å². The second-order valence-corrected chi connectivity index (χ2v) is 9.40. The van der Waals surface area contributed by atoms with Crippen molar-refractivity contribution in [3.05, 3.63) is 70.1 Å². The second kappa shape index (κ2) is 9.77. The third-order valence-electron chi connectivity index (χ3n) is 7.06. The summed E-state index contributed by atoms with van der Waals surface area (Å²) in [4.78, 5) is 26.0. The van der Waals surface area contributed by atoms with Gasteiger partial charge in [0.05, 0.1) is 11.8 Å². The Labute approximate surface area is 203 Å². The highest BCUT2D eigenvalue weighted by molar-refractivity contribution is 6.00.